The number of ether oxygens (including phenoxy) is 3. The van der Waals surface area contributed by atoms with Crippen molar-refractivity contribution in [3.63, 3.8) is 0 Å². The third-order valence-electron chi connectivity index (χ3n) is 2.55. The predicted molar refractivity (Wildman–Crippen MR) is 68.1 cm³/mol. The number of esters is 1. The maximum Gasteiger partial charge on any atom is 0.586 e. The van der Waals surface area contributed by atoms with Crippen LogP contribution in [0, 0.1) is 0 Å². The molecule has 0 spiro atoms. The molecule has 8 heteroatoms. The third kappa shape index (κ3) is 3.49. The first-order valence-corrected chi connectivity index (χ1v) is 5.73. The summed E-state index contributed by atoms with van der Waals surface area (Å²) in [6.07, 6.45) is -3.83. The average Bonchev–Trinajstić information content (AvgIpc) is 2.62. The molecule has 0 bridgehead atoms. The molecule has 112 valence electrons. The molecule has 2 rings (SSSR count). The number of benzene rings is 1. The van der Waals surface area contributed by atoms with Crippen LogP contribution >= 0.6 is 12.4 Å². The minimum atomic E-state index is -3.71. The van der Waals surface area contributed by atoms with Crippen molar-refractivity contribution in [3.05, 3.63) is 23.8 Å². The highest BCUT2D eigenvalue weighted by molar-refractivity contribution is 5.85. The lowest BCUT2D eigenvalue weighted by molar-refractivity contribution is -0.287. The summed E-state index contributed by atoms with van der Waals surface area (Å²) in [5.74, 6) is -0.732. The van der Waals surface area contributed by atoms with Gasteiger partial charge in [0.2, 0.25) is 0 Å². The Morgan fingerprint density at radius 3 is 2.80 bits per heavy atom. The molecule has 0 aliphatic carbocycles. The first-order chi connectivity index (χ1) is 8.93. The van der Waals surface area contributed by atoms with Crippen LogP contribution in [-0.2, 0) is 9.53 Å². The fraction of sp³-hybridized carbons (Fsp3) is 0.417. The van der Waals surface area contributed by atoms with Gasteiger partial charge in [-0.2, -0.15) is 0 Å². The lowest BCUT2D eigenvalue weighted by Crippen LogP contribution is -2.26. The van der Waals surface area contributed by atoms with Gasteiger partial charge in [-0.15, -0.1) is 21.2 Å². The van der Waals surface area contributed by atoms with Gasteiger partial charge in [-0.1, -0.05) is 12.1 Å². The zero-order chi connectivity index (χ0) is 14.0. The van der Waals surface area contributed by atoms with Crippen molar-refractivity contribution in [2.24, 2.45) is 5.73 Å². The number of rotatable bonds is 4. The van der Waals surface area contributed by atoms with Crippen LogP contribution in [0.4, 0.5) is 8.78 Å². The molecule has 0 amide bonds. The van der Waals surface area contributed by atoms with Crippen LogP contribution in [0.25, 0.3) is 0 Å². The van der Waals surface area contributed by atoms with Crippen molar-refractivity contribution >= 4 is 18.4 Å². The number of fused-ring (bicyclic) bond motifs is 1. The van der Waals surface area contributed by atoms with E-state index in [4.69, 9.17) is 10.5 Å². The molecule has 1 heterocycles. The Morgan fingerprint density at radius 2 is 2.15 bits per heavy atom. The van der Waals surface area contributed by atoms with Gasteiger partial charge >= 0.3 is 12.3 Å². The maximum absolute atomic E-state index is 13.0. The van der Waals surface area contributed by atoms with Crippen LogP contribution in [0.3, 0.4) is 0 Å². The number of carbonyl (C=O) groups is 1. The Kier molecular flexibility index (Phi) is 5.13. The monoisotopic (exact) mass is 309 g/mol. The van der Waals surface area contributed by atoms with Gasteiger partial charge in [0, 0.05) is 11.6 Å². The third-order valence-corrected chi connectivity index (χ3v) is 2.55. The fourth-order valence-electron chi connectivity index (χ4n) is 1.79. The summed E-state index contributed by atoms with van der Waals surface area (Å²) in [5, 5.41) is 0. The zero-order valence-corrected chi connectivity index (χ0v) is 11.4. The molecule has 0 radical (unpaired) electrons. The minimum Gasteiger partial charge on any atom is -0.466 e. The Bertz CT molecular complexity index is 498. The van der Waals surface area contributed by atoms with Crippen molar-refractivity contribution < 1.29 is 27.8 Å². The first-order valence-electron chi connectivity index (χ1n) is 5.73. The lowest BCUT2D eigenvalue weighted by atomic mass is 10.0. The molecule has 0 saturated heterocycles. The number of hydrogen-bond donors (Lipinski definition) is 1. The van der Waals surface area contributed by atoms with E-state index in [1.165, 1.54) is 18.2 Å². The van der Waals surface area contributed by atoms with Gasteiger partial charge < -0.3 is 19.9 Å². The van der Waals surface area contributed by atoms with Gasteiger partial charge in [0.25, 0.3) is 0 Å². The van der Waals surface area contributed by atoms with Gasteiger partial charge in [0.15, 0.2) is 11.5 Å². The zero-order valence-electron chi connectivity index (χ0n) is 10.6. The van der Waals surface area contributed by atoms with E-state index in [1.54, 1.807) is 6.92 Å². The first kappa shape index (κ1) is 16.5. The van der Waals surface area contributed by atoms with E-state index in [9.17, 15) is 13.6 Å². The minimum absolute atomic E-state index is 0. The summed E-state index contributed by atoms with van der Waals surface area (Å²) in [5.41, 5.74) is 6.09. The highest BCUT2D eigenvalue weighted by Crippen LogP contribution is 2.45. The molecule has 1 aliphatic rings. The van der Waals surface area contributed by atoms with E-state index >= 15 is 0 Å². The molecule has 1 atom stereocenters. The largest absolute Gasteiger partial charge is 0.586 e. The number of carbonyl (C=O) groups excluding carboxylic acids is 1. The Labute approximate surface area is 120 Å². The van der Waals surface area contributed by atoms with Gasteiger partial charge in [-0.05, 0) is 13.0 Å². The molecule has 5 nitrogen and oxygen atoms in total. The van der Waals surface area contributed by atoms with Crippen molar-refractivity contribution in [3.8, 4) is 11.5 Å². The lowest BCUT2D eigenvalue weighted by Gasteiger charge is -2.13. The SMILES string of the molecule is CCOC(=O)C[C@@H](N)c1cccc2c1OC(F)(F)O2.Cl. The van der Waals surface area contributed by atoms with Crippen molar-refractivity contribution in [2.45, 2.75) is 25.7 Å². The van der Waals surface area contributed by atoms with E-state index in [0.29, 0.717) is 0 Å². The number of halogens is 3. The number of para-hydroxylation sites is 1. The topological polar surface area (TPSA) is 70.8 Å². The quantitative estimate of drug-likeness (QED) is 0.865. The molecule has 0 fully saturated rings. The van der Waals surface area contributed by atoms with Crippen LogP contribution in [0.5, 0.6) is 11.5 Å². The van der Waals surface area contributed by atoms with Gasteiger partial charge in [0.1, 0.15) is 0 Å². The summed E-state index contributed by atoms with van der Waals surface area (Å²) in [6.45, 7) is 1.90. The molecular weight excluding hydrogens is 296 g/mol. The van der Waals surface area contributed by atoms with E-state index in [-0.39, 0.29) is 42.5 Å². The normalized spacial score (nSPS) is 16.2. The Balaban J connectivity index is 0.00000200. The van der Waals surface area contributed by atoms with Gasteiger partial charge in [-0.3, -0.25) is 4.79 Å². The predicted octanol–water partition coefficient (Wildman–Crippen LogP) is 2.38. The fourth-order valence-corrected chi connectivity index (χ4v) is 1.79. The second-order valence-electron chi connectivity index (χ2n) is 3.96. The highest BCUT2D eigenvalue weighted by Gasteiger charge is 2.45. The van der Waals surface area contributed by atoms with E-state index in [0.717, 1.165) is 0 Å². The second kappa shape index (κ2) is 6.23. The van der Waals surface area contributed by atoms with Crippen LogP contribution in [-0.4, -0.2) is 18.9 Å². The maximum atomic E-state index is 13.0. The molecule has 1 aromatic rings. The van der Waals surface area contributed by atoms with Crippen molar-refractivity contribution in [1.82, 2.24) is 0 Å². The van der Waals surface area contributed by atoms with E-state index in [2.05, 4.69) is 9.47 Å². The summed E-state index contributed by atoms with van der Waals surface area (Å²) in [4.78, 5) is 11.3. The highest BCUT2D eigenvalue weighted by atomic mass is 35.5. The summed E-state index contributed by atoms with van der Waals surface area (Å²) in [6, 6.07) is 3.56. The van der Waals surface area contributed by atoms with Crippen molar-refractivity contribution in [1.29, 1.82) is 0 Å². The molecule has 0 aromatic heterocycles. The molecule has 0 saturated carbocycles. The Hall–Kier alpha value is -1.60. The molecule has 20 heavy (non-hydrogen) atoms. The van der Waals surface area contributed by atoms with Crippen LogP contribution in [0.2, 0.25) is 0 Å². The van der Waals surface area contributed by atoms with Crippen LogP contribution < -0.4 is 15.2 Å². The molecule has 0 unspecified atom stereocenters. The number of hydrogen-bond acceptors (Lipinski definition) is 5. The summed E-state index contributed by atoms with van der Waals surface area (Å²) >= 11 is 0. The van der Waals surface area contributed by atoms with Crippen LogP contribution in [0.1, 0.15) is 24.9 Å². The van der Waals surface area contributed by atoms with Crippen molar-refractivity contribution in [2.75, 3.05) is 6.61 Å². The van der Waals surface area contributed by atoms with E-state index in [1.807, 2.05) is 0 Å². The smallest absolute Gasteiger partial charge is 0.466 e. The summed E-state index contributed by atoms with van der Waals surface area (Å²) < 4.78 is 39.4. The van der Waals surface area contributed by atoms with Crippen LogP contribution in [0.15, 0.2) is 18.2 Å². The standard InChI is InChI=1S/C12H13F2NO4.ClH/c1-2-17-10(16)6-8(15)7-4-3-5-9-11(7)19-12(13,14)18-9;/h3-5,8H,2,6,15H2,1H3;1H/t8-;/m1./s1. The number of alkyl halides is 2. The van der Waals surface area contributed by atoms with E-state index < -0.39 is 18.3 Å². The number of nitrogens with two attached hydrogens (primary N) is 1. The molecule has 2 N–H and O–H groups in total. The summed E-state index contributed by atoms with van der Waals surface area (Å²) in [7, 11) is 0. The second-order valence-corrected chi connectivity index (χ2v) is 3.96. The van der Waals surface area contributed by atoms with Gasteiger partial charge in [-0.25, -0.2) is 0 Å². The average molecular weight is 310 g/mol. The Morgan fingerprint density at radius 1 is 1.45 bits per heavy atom. The molecule has 1 aromatic carbocycles. The molecule has 1 aliphatic heterocycles. The van der Waals surface area contributed by atoms with Gasteiger partial charge in [0.05, 0.1) is 13.0 Å². The molecular formula is C12H14ClF2NO4.